The van der Waals surface area contributed by atoms with Gasteiger partial charge >= 0.3 is 0 Å². The molecule has 0 bridgehead atoms. The van der Waals surface area contributed by atoms with Gasteiger partial charge in [0.05, 0.1) is 0 Å². The molecule has 2 atom stereocenters. The lowest BCUT2D eigenvalue weighted by atomic mass is 9.31. The molecular weight excluding hydrogens is 601 g/mol. The van der Waals surface area contributed by atoms with Crippen molar-refractivity contribution in [3.05, 3.63) is 145 Å². The molecular formula is C43H32N6. The van der Waals surface area contributed by atoms with E-state index in [2.05, 4.69) is 36.4 Å². The van der Waals surface area contributed by atoms with Crippen molar-refractivity contribution in [1.82, 2.24) is 29.9 Å². The Morgan fingerprint density at radius 1 is 0.347 bits per heavy atom. The minimum Gasteiger partial charge on any atom is -0.208 e. The van der Waals surface area contributed by atoms with E-state index in [1.165, 1.54) is 18.4 Å². The van der Waals surface area contributed by atoms with Crippen LogP contribution >= 0.6 is 0 Å². The maximum atomic E-state index is 5.07. The molecule has 0 radical (unpaired) electrons. The first-order valence-corrected chi connectivity index (χ1v) is 17.1. The summed E-state index contributed by atoms with van der Waals surface area (Å²) in [6.45, 7) is 0. The predicted molar refractivity (Wildman–Crippen MR) is 192 cm³/mol. The molecule has 234 valence electrons. The predicted octanol–water partition coefficient (Wildman–Crippen LogP) is 9.43. The summed E-state index contributed by atoms with van der Waals surface area (Å²) in [4.78, 5) is 29.7. The molecule has 0 saturated heterocycles. The molecule has 5 aromatic carbocycles. The third kappa shape index (κ3) is 4.86. The van der Waals surface area contributed by atoms with Crippen LogP contribution in [0.25, 0.3) is 68.3 Å². The van der Waals surface area contributed by atoms with E-state index in [1.807, 2.05) is 103 Å². The summed E-state index contributed by atoms with van der Waals surface area (Å²) >= 11 is 0. The Hall–Kier alpha value is -5.88. The molecule has 7 aromatic rings. The van der Waals surface area contributed by atoms with Crippen LogP contribution in [0.2, 0.25) is 0 Å². The van der Waals surface area contributed by atoms with E-state index in [4.69, 9.17) is 29.9 Å². The molecule has 3 saturated carbocycles. The number of nitrogens with zero attached hydrogens (tertiary/aromatic N) is 6. The highest BCUT2D eigenvalue weighted by atomic mass is 15.0. The third-order valence-electron chi connectivity index (χ3n) is 10.9. The van der Waals surface area contributed by atoms with Crippen molar-refractivity contribution in [1.29, 1.82) is 0 Å². The topological polar surface area (TPSA) is 77.3 Å². The van der Waals surface area contributed by atoms with Crippen LogP contribution in [0.3, 0.4) is 0 Å². The summed E-state index contributed by atoms with van der Waals surface area (Å²) in [5.41, 5.74) is 7.12. The summed E-state index contributed by atoms with van der Waals surface area (Å²) < 4.78 is 0. The maximum absolute atomic E-state index is 5.07. The second-order valence-corrected chi connectivity index (χ2v) is 13.6. The van der Waals surface area contributed by atoms with E-state index in [9.17, 15) is 0 Å². The van der Waals surface area contributed by atoms with Crippen molar-refractivity contribution in [2.24, 2.45) is 23.7 Å². The molecule has 6 heteroatoms. The van der Waals surface area contributed by atoms with Gasteiger partial charge in [0, 0.05) is 33.4 Å². The largest absolute Gasteiger partial charge is 0.208 e. The quantitative estimate of drug-likeness (QED) is 0.174. The lowest BCUT2D eigenvalue weighted by Crippen LogP contribution is -2.65. The SMILES string of the molecule is c1ccc(-c2nc(-c3ccccc3)nc(-c3ccc(-c4nc(-c5ccccc5)nc(-c5cccc(C6C7CC8CC6C87)c5)n4)cc3)n2)cc1. The minimum atomic E-state index is 0.611. The first kappa shape index (κ1) is 28.2. The van der Waals surface area contributed by atoms with Gasteiger partial charge in [0.25, 0.3) is 0 Å². The van der Waals surface area contributed by atoms with Crippen molar-refractivity contribution >= 4 is 0 Å². The standard InChI is InChI=1S/C43H32N6/c1-4-11-26(12-5-1)38-44-39(27-13-6-2-7-14-27)46-41(45-38)29-19-21-30(22-20-29)42-47-40(28-15-8-3-9-16-28)48-43(49-42)32-18-10-17-31(23-32)36-34-24-33-25-35(36)37(33)34/h1-23,33-37H,24-25H2. The van der Waals surface area contributed by atoms with Gasteiger partial charge in [-0.1, -0.05) is 133 Å². The summed E-state index contributed by atoms with van der Waals surface area (Å²) in [6.07, 6.45) is 2.82. The molecule has 2 unspecified atom stereocenters. The van der Waals surface area contributed by atoms with Gasteiger partial charge < -0.3 is 0 Å². The minimum absolute atomic E-state index is 0.611. The van der Waals surface area contributed by atoms with E-state index in [1.54, 1.807) is 0 Å². The Kier molecular flexibility index (Phi) is 6.54. The summed E-state index contributed by atoms with van der Waals surface area (Å²) in [5.74, 6) is 8.34. The average molecular weight is 633 g/mol. The van der Waals surface area contributed by atoms with Gasteiger partial charge in [-0.3, -0.25) is 0 Å². The van der Waals surface area contributed by atoms with Crippen molar-refractivity contribution in [2.45, 2.75) is 18.8 Å². The zero-order valence-corrected chi connectivity index (χ0v) is 26.8. The highest BCUT2D eigenvalue weighted by Gasteiger charge is 2.67. The van der Waals surface area contributed by atoms with Crippen LogP contribution in [0.15, 0.2) is 140 Å². The van der Waals surface area contributed by atoms with Gasteiger partial charge in [0.1, 0.15) is 0 Å². The Bertz CT molecular complexity index is 2240. The van der Waals surface area contributed by atoms with E-state index in [0.717, 1.165) is 57.1 Å². The lowest BCUT2D eigenvalue weighted by molar-refractivity contribution is -0.214. The molecule has 2 aromatic heterocycles. The molecule has 0 aliphatic heterocycles. The second-order valence-electron chi connectivity index (χ2n) is 13.6. The van der Waals surface area contributed by atoms with Gasteiger partial charge in [-0.2, -0.15) is 0 Å². The number of aromatic nitrogens is 6. The van der Waals surface area contributed by atoms with Crippen LogP contribution in [-0.4, -0.2) is 29.9 Å². The zero-order valence-electron chi connectivity index (χ0n) is 26.8. The maximum Gasteiger partial charge on any atom is 0.164 e. The molecule has 3 aliphatic carbocycles. The normalized spacial score (nSPS) is 21.5. The lowest BCUT2D eigenvalue weighted by Gasteiger charge is -2.73. The highest BCUT2D eigenvalue weighted by molar-refractivity contribution is 5.71. The van der Waals surface area contributed by atoms with Gasteiger partial charge in [-0.15, -0.1) is 0 Å². The Balaban J connectivity index is 1.03. The number of benzene rings is 5. The molecule has 3 aliphatic rings. The van der Waals surface area contributed by atoms with Crippen molar-refractivity contribution in [3.8, 4) is 68.3 Å². The van der Waals surface area contributed by atoms with Crippen molar-refractivity contribution in [3.63, 3.8) is 0 Å². The van der Waals surface area contributed by atoms with Crippen LogP contribution in [-0.2, 0) is 0 Å². The fourth-order valence-corrected chi connectivity index (χ4v) is 8.43. The van der Waals surface area contributed by atoms with Gasteiger partial charge in [-0.05, 0) is 54.1 Å². The van der Waals surface area contributed by atoms with Crippen molar-refractivity contribution < 1.29 is 0 Å². The third-order valence-corrected chi connectivity index (χ3v) is 10.9. The van der Waals surface area contributed by atoms with Gasteiger partial charge in [-0.25, -0.2) is 29.9 Å². The first-order chi connectivity index (χ1) is 24.2. The van der Waals surface area contributed by atoms with Crippen LogP contribution in [0, 0.1) is 23.7 Å². The molecule has 6 nitrogen and oxygen atoms in total. The van der Waals surface area contributed by atoms with E-state index < -0.39 is 0 Å². The molecule has 2 heterocycles. The molecule has 0 amide bonds. The molecule has 3 fully saturated rings. The number of rotatable bonds is 7. The molecule has 0 N–H and O–H groups in total. The summed E-state index contributed by atoms with van der Waals surface area (Å²) in [6, 6.07) is 47.4. The van der Waals surface area contributed by atoms with Crippen LogP contribution in [0.5, 0.6) is 0 Å². The Morgan fingerprint density at radius 2 is 0.694 bits per heavy atom. The van der Waals surface area contributed by atoms with Crippen LogP contribution < -0.4 is 0 Å². The fourth-order valence-electron chi connectivity index (χ4n) is 8.43. The van der Waals surface area contributed by atoms with E-state index >= 15 is 0 Å². The van der Waals surface area contributed by atoms with Crippen LogP contribution in [0.4, 0.5) is 0 Å². The summed E-state index contributed by atoms with van der Waals surface area (Å²) in [5, 5.41) is 0. The van der Waals surface area contributed by atoms with Gasteiger partial charge in [0.15, 0.2) is 34.9 Å². The van der Waals surface area contributed by atoms with E-state index in [0.29, 0.717) is 40.9 Å². The van der Waals surface area contributed by atoms with Gasteiger partial charge in [0.2, 0.25) is 0 Å². The second kappa shape index (κ2) is 11.4. The van der Waals surface area contributed by atoms with E-state index in [-0.39, 0.29) is 0 Å². The van der Waals surface area contributed by atoms with Crippen LogP contribution in [0.1, 0.15) is 24.3 Å². The number of hydrogen-bond acceptors (Lipinski definition) is 6. The Labute approximate surface area is 285 Å². The number of hydrogen-bond donors (Lipinski definition) is 0. The Morgan fingerprint density at radius 3 is 1.06 bits per heavy atom. The molecule has 49 heavy (non-hydrogen) atoms. The van der Waals surface area contributed by atoms with Crippen molar-refractivity contribution in [2.75, 3.05) is 0 Å². The average Bonchev–Trinajstić information content (AvgIpc) is 3.18. The first-order valence-electron chi connectivity index (χ1n) is 17.1. The molecule has 0 spiro atoms. The molecule has 10 rings (SSSR count). The smallest absolute Gasteiger partial charge is 0.164 e. The zero-order chi connectivity index (χ0) is 32.3. The monoisotopic (exact) mass is 632 g/mol. The highest BCUT2D eigenvalue weighted by Crippen LogP contribution is 2.75. The fraction of sp³-hybridized carbons (Fsp3) is 0.163. The summed E-state index contributed by atoms with van der Waals surface area (Å²) in [7, 11) is 0.